The van der Waals surface area contributed by atoms with E-state index in [-0.39, 0.29) is 0 Å². The fourth-order valence-corrected chi connectivity index (χ4v) is 4.38. The minimum absolute atomic E-state index is 0.707. The number of aromatic nitrogens is 2. The Kier molecular flexibility index (Phi) is 4.14. The van der Waals surface area contributed by atoms with Gasteiger partial charge in [-0.25, -0.2) is 4.98 Å². The number of fused-ring (bicyclic) bond motifs is 1. The second kappa shape index (κ2) is 6.42. The summed E-state index contributed by atoms with van der Waals surface area (Å²) in [4.78, 5) is 7.10. The van der Waals surface area contributed by atoms with Crippen LogP contribution in [0.15, 0.2) is 34.2 Å². The highest BCUT2D eigenvalue weighted by Crippen LogP contribution is 2.35. The zero-order chi connectivity index (χ0) is 15.6. The van der Waals surface area contributed by atoms with Crippen LogP contribution in [0.25, 0.3) is 11.0 Å². The van der Waals surface area contributed by atoms with Crippen molar-refractivity contribution in [1.29, 1.82) is 0 Å². The summed E-state index contributed by atoms with van der Waals surface area (Å²) < 4.78 is 5.38. The lowest BCUT2D eigenvalue weighted by Crippen LogP contribution is -2.17. The molecule has 0 bridgehead atoms. The van der Waals surface area contributed by atoms with Gasteiger partial charge in [-0.2, -0.15) is 0 Å². The molecule has 4 rings (SSSR count). The Labute approximate surface area is 140 Å². The lowest BCUT2D eigenvalue weighted by molar-refractivity contribution is 0.303. The highest BCUT2D eigenvalue weighted by atomic mass is 32.1. The number of thiazole rings is 1. The topological polar surface area (TPSA) is 42.2 Å². The Balaban J connectivity index is 1.42. The van der Waals surface area contributed by atoms with Crippen molar-refractivity contribution in [2.75, 3.05) is 7.05 Å². The molecule has 2 aromatic heterocycles. The molecule has 0 unspecified atom stereocenters. The maximum absolute atomic E-state index is 5.38. The van der Waals surface area contributed by atoms with E-state index >= 15 is 0 Å². The summed E-state index contributed by atoms with van der Waals surface area (Å²) in [7, 11) is 2.11. The third-order valence-electron chi connectivity index (χ3n) is 4.58. The Morgan fingerprint density at radius 3 is 2.91 bits per heavy atom. The summed E-state index contributed by atoms with van der Waals surface area (Å²) in [5.74, 6) is 0.707. The van der Waals surface area contributed by atoms with Crippen molar-refractivity contribution in [2.45, 2.75) is 44.7 Å². The van der Waals surface area contributed by atoms with Gasteiger partial charge in [0.15, 0.2) is 5.58 Å². The average Bonchev–Trinajstić information content (AvgIpc) is 3.27. The quantitative estimate of drug-likeness (QED) is 0.688. The molecular formula is C18H21N3OS. The molecule has 1 aliphatic carbocycles. The van der Waals surface area contributed by atoms with Gasteiger partial charge in [0.1, 0.15) is 5.69 Å². The van der Waals surface area contributed by atoms with Crippen molar-refractivity contribution in [1.82, 2.24) is 15.0 Å². The summed E-state index contributed by atoms with van der Waals surface area (Å²) in [5.41, 5.74) is 3.02. The third kappa shape index (κ3) is 3.16. The summed E-state index contributed by atoms with van der Waals surface area (Å²) in [6, 6.07) is 8.02. The predicted octanol–water partition coefficient (Wildman–Crippen LogP) is 4.57. The first-order chi connectivity index (χ1) is 11.3. The summed E-state index contributed by atoms with van der Waals surface area (Å²) in [5, 5.41) is 8.86. The van der Waals surface area contributed by atoms with Crippen LogP contribution in [0.3, 0.4) is 0 Å². The number of hydrogen-bond donors (Lipinski definition) is 0. The predicted molar refractivity (Wildman–Crippen MR) is 92.5 cm³/mol. The van der Waals surface area contributed by atoms with Gasteiger partial charge in [-0.05, 0) is 32.0 Å². The Morgan fingerprint density at radius 2 is 2.04 bits per heavy atom. The lowest BCUT2D eigenvalue weighted by Gasteiger charge is -2.13. The molecule has 0 amide bonds. The first-order valence-electron chi connectivity index (χ1n) is 8.26. The summed E-state index contributed by atoms with van der Waals surface area (Å²) in [6.45, 7) is 1.62. The third-order valence-corrected chi connectivity index (χ3v) is 5.63. The molecule has 3 aromatic rings. The number of rotatable bonds is 5. The van der Waals surface area contributed by atoms with Crippen molar-refractivity contribution < 1.29 is 4.52 Å². The second-order valence-corrected chi connectivity index (χ2v) is 7.35. The Hall–Kier alpha value is -1.72. The van der Waals surface area contributed by atoms with Crippen molar-refractivity contribution in [3.63, 3.8) is 0 Å². The van der Waals surface area contributed by atoms with E-state index in [1.165, 1.54) is 36.4 Å². The van der Waals surface area contributed by atoms with Gasteiger partial charge < -0.3 is 4.52 Å². The smallest absolute Gasteiger partial charge is 0.167 e. The fraction of sp³-hybridized carbons (Fsp3) is 0.444. The summed E-state index contributed by atoms with van der Waals surface area (Å²) in [6.07, 6.45) is 5.35. The molecule has 0 spiro atoms. The highest BCUT2D eigenvalue weighted by Gasteiger charge is 2.20. The minimum atomic E-state index is 0.707. The number of nitrogens with zero attached hydrogens (tertiary/aromatic N) is 3. The van der Waals surface area contributed by atoms with Gasteiger partial charge in [-0.3, -0.25) is 4.90 Å². The molecule has 120 valence electrons. The van der Waals surface area contributed by atoms with E-state index in [9.17, 15) is 0 Å². The van der Waals surface area contributed by atoms with Crippen LogP contribution >= 0.6 is 11.3 Å². The zero-order valence-electron chi connectivity index (χ0n) is 13.4. The average molecular weight is 327 g/mol. The maximum atomic E-state index is 5.38. The molecular weight excluding hydrogens is 306 g/mol. The molecule has 23 heavy (non-hydrogen) atoms. The van der Waals surface area contributed by atoms with E-state index in [0.29, 0.717) is 5.92 Å². The molecule has 1 saturated carbocycles. The Morgan fingerprint density at radius 1 is 1.22 bits per heavy atom. The number of para-hydroxylation sites is 1. The number of hydrogen-bond acceptors (Lipinski definition) is 5. The second-order valence-electron chi connectivity index (χ2n) is 6.46. The van der Waals surface area contributed by atoms with Crippen LogP contribution in [0.5, 0.6) is 0 Å². The minimum Gasteiger partial charge on any atom is -0.356 e. The van der Waals surface area contributed by atoms with E-state index in [0.717, 1.165) is 29.8 Å². The van der Waals surface area contributed by atoms with Gasteiger partial charge in [0.2, 0.25) is 0 Å². The van der Waals surface area contributed by atoms with Gasteiger partial charge in [0.25, 0.3) is 0 Å². The normalized spacial score (nSPS) is 15.9. The van der Waals surface area contributed by atoms with Crippen LogP contribution in [0.4, 0.5) is 0 Å². The van der Waals surface area contributed by atoms with Crippen LogP contribution in [0.2, 0.25) is 0 Å². The van der Waals surface area contributed by atoms with Crippen molar-refractivity contribution >= 4 is 22.3 Å². The number of benzene rings is 1. The zero-order valence-corrected chi connectivity index (χ0v) is 14.2. The van der Waals surface area contributed by atoms with E-state index in [4.69, 9.17) is 9.51 Å². The van der Waals surface area contributed by atoms with Gasteiger partial charge in [-0.1, -0.05) is 30.1 Å². The molecule has 1 fully saturated rings. The monoisotopic (exact) mass is 327 g/mol. The van der Waals surface area contributed by atoms with Gasteiger partial charge in [0.05, 0.1) is 10.7 Å². The maximum Gasteiger partial charge on any atom is 0.167 e. The standard InChI is InChI=1S/C18H21N3OS/c1-21(11-16-15-8-4-5-9-17(15)22-20-16)10-14-12-23-18(19-14)13-6-2-3-7-13/h4-5,8-9,12-13H,2-3,6-7,10-11H2,1H3. The van der Waals surface area contributed by atoms with Crippen LogP contribution in [-0.4, -0.2) is 22.1 Å². The first-order valence-corrected chi connectivity index (χ1v) is 9.13. The molecule has 5 heteroatoms. The molecule has 0 atom stereocenters. The van der Waals surface area contributed by atoms with Gasteiger partial charge >= 0.3 is 0 Å². The molecule has 1 aromatic carbocycles. The highest BCUT2D eigenvalue weighted by molar-refractivity contribution is 7.09. The van der Waals surface area contributed by atoms with Crippen LogP contribution < -0.4 is 0 Å². The molecule has 0 radical (unpaired) electrons. The lowest BCUT2D eigenvalue weighted by atomic mass is 10.1. The molecule has 1 aliphatic rings. The van der Waals surface area contributed by atoms with Crippen molar-refractivity contribution in [2.24, 2.45) is 0 Å². The van der Waals surface area contributed by atoms with E-state index in [1.54, 1.807) is 0 Å². The van der Waals surface area contributed by atoms with Crippen molar-refractivity contribution in [3.8, 4) is 0 Å². The van der Waals surface area contributed by atoms with E-state index in [2.05, 4.69) is 28.6 Å². The van der Waals surface area contributed by atoms with Crippen LogP contribution in [0, 0.1) is 0 Å². The van der Waals surface area contributed by atoms with Crippen molar-refractivity contribution in [3.05, 3.63) is 46.0 Å². The van der Waals surface area contributed by atoms with Crippen LogP contribution in [0.1, 0.15) is 48.0 Å². The molecule has 0 N–H and O–H groups in total. The molecule has 2 heterocycles. The van der Waals surface area contributed by atoms with Crippen LogP contribution in [-0.2, 0) is 13.1 Å². The fourth-order valence-electron chi connectivity index (χ4n) is 3.40. The molecule has 0 aliphatic heterocycles. The Bertz CT molecular complexity index is 788. The van der Waals surface area contributed by atoms with E-state index in [1.807, 2.05) is 29.5 Å². The summed E-state index contributed by atoms with van der Waals surface area (Å²) >= 11 is 1.83. The largest absolute Gasteiger partial charge is 0.356 e. The van der Waals surface area contributed by atoms with Gasteiger partial charge in [-0.15, -0.1) is 11.3 Å². The molecule has 4 nitrogen and oxygen atoms in total. The van der Waals surface area contributed by atoms with Gasteiger partial charge in [0, 0.05) is 29.8 Å². The molecule has 0 saturated heterocycles. The first kappa shape index (κ1) is 14.8. The van der Waals surface area contributed by atoms with E-state index < -0.39 is 0 Å². The SMILES string of the molecule is CN(Cc1csc(C2CCCC2)n1)Cc1noc2ccccc12.